The number of phenolic OH excluding ortho intramolecular Hbond substituents is 1. The predicted molar refractivity (Wildman–Crippen MR) is 55.7 cm³/mol. The highest BCUT2D eigenvalue weighted by atomic mass is 35.5. The molecule has 0 aliphatic carbocycles. The molecule has 1 rings (SSSR count). The summed E-state index contributed by atoms with van der Waals surface area (Å²) in [7, 11) is 1.32. The maximum absolute atomic E-state index is 13.4. The number of hydrogen-bond acceptors (Lipinski definition) is 2. The Morgan fingerprint density at radius 3 is 2.53 bits per heavy atom. The molecule has 1 N–H and O–H groups in total. The minimum Gasteiger partial charge on any atom is -0.503 e. The third-order valence-electron chi connectivity index (χ3n) is 2.13. The minimum absolute atomic E-state index is 0.111. The van der Waals surface area contributed by atoms with Gasteiger partial charge in [0.15, 0.2) is 17.4 Å². The van der Waals surface area contributed by atoms with Crippen molar-refractivity contribution in [2.45, 2.75) is 0 Å². The maximum Gasteiger partial charge on any atom is 0.256 e. The van der Waals surface area contributed by atoms with Gasteiger partial charge in [0.05, 0.1) is 5.56 Å². The number of halogens is 4. The van der Waals surface area contributed by atoms with Crippen LogP contribution in [-0.4, -0.2) is 35.4 Å². The smallest absolute Gasteiger partial charge is 0.256 e. The second-order valence-corrected chi connectivity index (χ2v) is 3.68. The molecule has 0 aromatic heterocycles. The summed E-state index contributed by atoms with van der Waals surface area (Å²) in [5.41, 5.74) is -0.742. The second-order valence-electron chi connectivity index (χ2n) is 3.30. The van der Waals surface area contributed by atoms with E-state index in [1.807, 2.05) is 0 Å². The molecule has 1 amide bonds. The molecule has 0 unspecified atom stereocenters. The number of rotatable bonds is 3. The molecule has 7 heteroatoms. The topological polar surface area (TPSA) is 40.5 Å². The Labute approximate surface area is 100 Å². The third kappa shape index (κ3) is 2.63. The Kier molecular flexibility index (Phi) is 4.22. The predicted octanol–water partition coefficient (Wildman–Crippen LogP) is 2.12. The first-order valence-electron chi connectivity index (χ1n) is 4.58. The maximum atomic E-state index is 13.4. The fraction of sp³-hybridized carbons (Fsp3) is 0.300. The largest absolute Gasteiger partial charge is 0.503 e. The Morgan fingerprint density at radius 2 is 2.00 bits per heavy atom. The summed E-state index contributed by atoms with van der Waals surface area (Å²) in [5.74, 6) is -7.00. The number of carbonyl (C=O) groups is 1. The van der Waals surface area contributed by atoms with Crippen LogP contribution in [0.25, 0.3) is 0 Å². The van der Waals surface area contributed by atoms with Gasteiger partial charge in [-0.3, -0.25) is 4.79 Å². The normalized spacial score (nSPS) is 10.4. The van der Waals surface area contributed by atoms with Gasteiger partial charge >= 0.3 is 0 Å². The lowest BCUT2D eigenvalue weighted by Gasteiger charge is -2.16. The van der Waals surface area contributed by atoms with Crippen LogP contribution in [0.4, 0.5) is 13.2 Å². The van der Waals surface area contributed by atoms with E-state index in [4.69, 9.17) is 16.7 Å². The highest BCUT2D eigenvalue weighted by Crippen LogP contribution is 2.26. The number of phenols is 1. The molecule has 0 radical (unpaired) electrons. The summed E-state index contributed by atoms with van der Waals surface area (Å²) in [6.45, 7) is 0.111. The van der Waals surface area contributed by atoms with E-state index in [2.05, 4.69) is 0 Å². The van der Waals surface area contributed by atoms with Gasteiger partial charge in [-0.25, -0.2) is 8.78 Å². The Balaban J connectivity index is 3.19. The third-order valence-corrected chi connectivity index (χ3v) is 2.30. The molecule has 94 valence electrons. The SMILES string of the molecule is CN(CCCl)C(=O)c1cc(F)c(F)c(O)c1F. The minimum atomic E-state index is -1.72. The van der Waals surface area contributed by atoms with E-state index < -0.39 is 34.7 Å². The van der Waals surface area contributed by atoms with Gasteiger partial charge in [0.1, 0.15) is 0 Å². The first kappa shape index (κ1) is 13.6. The van der Waals surface area contributed by atoms with Gasteiger partial charge in [0.2, 0.25) is 5.82 Å². The standard InChI is InChI=1S/C10H9ClF3NO2/c1-15(3-2-11)10(17)5-4-6(12)8(14)9(16)7(5)13/h4,16H,2-3H2,1H3. The van der Waals surface area contributed by atoms with Gasteiger partial charge in [-0.15, -0.1) is 11.6 Å². The lowest BCUT2D eigenvalue weighted by atomic mass is 10.1. The van der Waals surface area contributed by atoms with Crippen LogP contribution in [-0.2, 0) is 0 Å². The molecular weight excluding hydrogens is 259 g/mol. The molecule has 0 heterocycles. The van der Waals surface area contributed by atoms with Gasteiger partial charge < -0.3 is 10.0 Å². The van der Waals surface area contributed by atoms with Crippen molar-refractivity contribution in [1.29, 1.82) is 0 Å². The van der Waals surface area contributed by atoms with Crippen molar-refractivity contribution in [3.63, 3.8) is 0 Å². The zero-order chi connectivity index (χ0) is 13.2. The molecular formula is C10H9ClF3NO2. The monoisotopic (exact) mass is 267 g/mol. The number of nitrogens with zero attached hydrogens (tertiary/aromatic N) is 1. The number of hydrogen-bond donors (Lipinski definition) is 1. The molecule has 0 aliphatic rings. The van der Waals surface area contributed by atoms with Gasteiger partial charge in [-0.2, -0.15) is 4.39 Å². The van der Waals surface area contributed by atoms with Crippen molar-refractivity contribution in [1.82, 2.24) is 4.90 Å². The lowest BCUT2D eigenvalue weighted by Crippen LogP contribution is -2.29. The molecule has 0 spiro atoms. The molecule has 0 saturated heterocycles. The van der Waals surface area contributed by atoms with Crippen LogP contribution < -0.4 is 0 Å². The highest BCUT2D eigenvalue weighted by molar-refractivity contribution is 6.18. The van der Waals surface area contributed by atoms with Crippen molar-refractivity contribution < 1.29 is 23.1 Å². The van der Waals surface area contributed by atoms with Crippen molar-refractivity contribution in [2.75, 3.05) is 19.5 Å². The van der Waals surface area contributed by atoms with Crippen LogP contribution in [0.5, 0.6) is 5.75 Å². The Hall–Kier alpha value is -1.43. The summed E-state index contributed by atoms with van der Waals surface area (Å²) < 4.78 is 39.1. The Bertz CT molecular complexity index is 454. The van der Waals surface area contributed by atoms with E-state index in [0.717, 1.165) is 4.90 Å². The van der Waals surface area contributed by atoms with E-state index in [-0.39, 0.29) is 12.4 Å². The second kappa shape index (κ2) is 5.27. The zero-order valence-electron chi connectivity index (χ0n) is 8.81. The van der Waals surface area contributed by atoms with E-state index in [1.54, 1.807) is 0 Å². The molecule has 3 nitrogen and oxygen atoms in total. The number of carbonyl (C=O) groups excluding carboxylic acids is 1. The van der Waals surface area contributed by atoms with Crippen LogP contribution in [0.15, 0.2) is 6.07 Å². The molecule has 0 fully saturated rings. The van der Waals surface area contributed by atoms with E-state index in [9.17, 15) is 18.0 Å². The van der Waals surface area contributed by atoms with E-state index >= 15 is 0 Å². The van der Waals surface area contributed by atoms with Crippen LogP contribution in [0.3, 0.4) is 0 Å². The number of amides is 1. The summed E-state index contributed by atoms with van der Waals surface area (Å²) in [6.07, 6.45) is 0. The quantitative estimate of drug-likeness (QED) is 0.673. The summed E-state index contributed by atoms with van der Waals surface area (Å²) in [4.78, 5) is 12.6. The van der Waals surface area contributed by atoms with Crippen molar-refractivity contribution in [2.24, 2.45) is 0 Å². The first-order chi connectivity index (χ1) is 7.90. The molecule has 17 heavy (non-hydrogen) atoms. The van der Waals surface area contributed by atoms with E-state index in [0.29, 0.717) is 6.07 Å². The summed E-state index contributed by atoms with van der Waals surface area (Å²) >= 11 is 5.38. The van der Waals surface area contributed by atoms with Crippen molar-refractivity contribution in [3.05, 3.63) is 29.1 Å². The van der Waals surface area contributed by atoms with Crippen LogP contribution in [0, 0.1) is 17.5 Å². The highest BCUT2D eigenvalue weighted by Gasteiger charge is 2.24. The molecule has 0 aliphatic heterocycles. The fourth-order valence-corrected chi connectivity index (χ4v) is 1.43. The molecule has 0 saturated carbocycles. The van der Waals surface area contributed by atoms with Gasteiger partial charge in [-0.05, 0) is 6.07 Å². The van der Waals surface area contributed by atoms with Gasteiger partial charge in [0, 0.05) is 19.5 Å². The average Bonchev–Trinajstić information content (AvgIpc) is 2.30. The molecule has 0 atom stereocenters. The number of alkyl halides is 1. The molecule has 1 aromatic carbocycles. The average molecular weight is 268 g/mol. The lowest BCUT2D eigenvalue weighted by molar-refractivity contribution is 0.0797. The molecule has 1 aromatic rings. The van der Waals surface area contributed by atoms with E-state index in [1.165, 1.54) is 7.05 Å². The van der Waals surface area contributed by atoms with Crippen LogP contribution >= 0.6 is 11.6 Å². The Morgan fingerprint density at radius 1 is 1.41 bits per heavy atom. The molecule has 0 bridgehead atoms. The summed E-state index contributed by atoms with van der Waals surface area (Å²) in [5, 5.41) is 8.94. The van der Waals surface area contributed by atoms with Crippen molar-refractivity contribution in [3.8, 4) is 5.75 Å². The fourth-order valence-electron chi connectivity index (χ4n) is 1.18. The number of aromatic hydroxyl groups is 1. The number of benzene rings is 1. The van der Waals surface area contributed by atoms with Crippen molar-refractivity contribution >= 4 is 17.5 Å². The van der Waals surface area contributed by atoms with Crippen LogP contribution in [0.2, 0.25) is 0 Å². The van der Waals surface area contributed by atoms with Gasteiger partial charge in [0.25, 0.3) is 5.91 Å². The summed E-state index contributed by atoms with van der Waals surface area (Å²) in [6, 6.07) is 0.400. The van der Waals surface area contributed by atoms with Gasteiger partial charge in [-0.1, -0.05) is 0 Å². The van der Waals surface area contributed by atoms with Crippen LogP contribution in [0.1, 0.15) is 10.4 Å². The first-order valence-corrected chi connectivity index (χ1v) is 5.11. The zero-order valence-corrected chi connectivity index (χ0v) is 9.56.